The predicted molar refractivity (Wildman–Crippen MR) is 74.0 cm³/mol. The molecular formula is C11H11BrF2N4O2S. The minimum Gasteiger partial charge on any atom is -0.263 e. The Labute approximate surface area is 128 Å². The van der Waals surface area contributed by atoms with Gasteiger partial charge in [0, 0.05) is 23.5 Å². The fraction of sp³-hybridized carbons (Fsp3) is 0.273. The maximum atomic E-state index is 13.6. The smallest absolute Gasteiger partial charge is 0.244 e. The van der Waals surface area contributed by atoms with Crippen LogP contribution in [0.3, 0.4) is 0 Å². The molecule has 0 saturated carbocycles. The van der Waals surface area contributed by atoms with Gasteiger partial charge in [-0.05, 0) is 28.4 Å². The monoisotopic (exact) mass is 380 g/mol. The standard InChI is InChI=1S/C11H11BrF2N4O2S/c12-8-4-7(13)5-9(14)11(8)21(19,20)17-3-1-2-10-15-6-16-18-10/h4-6,17H,1-3H2,(H,15,16,18). The van der Waals surface area contributed by atoms with Crippen LogP contribution in [0.2, 0.25) is 0 Å². The average molecular weight is 381 g/mol. The number of nitrogens with zero attached hydrogens (tertiary/aromatic N) is 2. The minimum atomic E-state index is -4.06. The van der Waals surface area contributed by atoms with Crippen LogP contribution >= 0.6 is 15.9 Å². The maximum Gasteiger partial charge on any atom is 0.244 e. The third kappa shape index (κ3) is 4.05. The number of aromatic nitrogens is 3. The fourth-order valence-corrected chi connectivity index (χ4v) is 3.91. The van der Waals surface area contributed by atoms with Crippen LogP contribution in [0, 0.1) is 11.6 Å². The quantitative estimate of drug-likeness (QED) is 0.747. The van der Waals surface area contributed by atoms with Crippen LogP contribution in [-0.4, -0.2) is 30.1 Å². The topological polar surface area (TPSA) is 87.7 Å². The van der Waals surface area contributed by atoms with Gasteiger partial charge in [-0.15, -0.1) is 0 Å². The first-order valence-corrected chi connectivity index (χ1v) is 8.16. The molecule has 0 spiro atoms. The summed E-state index contributed by atoms with van der Waals surface area (Å²) in [4.78, 5) is 3.29. The van der Waals surface area contributed by atoms with Gasteiger partial charge in [0.15, 0.2) is 0 Å². The molecule has 1 heterocycles. The number of benzene rings is 1. The third-order valence-electron chi connectivity index (χ3n) is 2.58. The highest BCUT2D eigenvalue weighted by molar-refractivity contribution is 9.10. The summed E-state index contributed by atoms with van der Waals surface area (Å²) >= 11 is 2.85. The fourth-order valence-electron chi connectivity index (χ4n) is 1.67. The van der Waals surface area contributed by atoms with E-state index in [9.17, 15) is 17.2 Å². The van der Waals surface area contributed by atoms with Crippen molar-refractivity contribution in [3.63, 3.8) is 0 Å². The number of sulfonamides is 1. The molecule has 6 nitrogen and oxygen atoms in total. The highest BCUT2D eigenvalue weighted by Crippen LogP contribution is 2.26. The lowest BCUT2D eigenvalue weighted by atomic mass is 10.3. The Morgan fingerprint density at radius 1 is 1.33 bits per heavy atom. The number of nitrogens with one attached hydrogen (secondary N) is 2. The number of halogens is 3. The summed E-state index contributed by atoms with van der Waals surface area (Å²) in [5.41, 5.74) is 0. The zero-order chi connectivity index (χ0) is 15.5. The van der Waals surface area contributed by atoms with Crippen LogP contribution in [0.15, 0.2) is 27.8 Å². The number of aromatic amines is 1. The van der Waals surface area contributed by atoms with Crippen molar-refractivity contribution < 1.29 is 17.2 Å². The van der Waals surface area contributed by atoms with E-state index in [1.807, 2.05) is 0 Å². The summed E-state index contributed by atoms with van der Waals surface area (Å²) < 4.78 is 52.7. The maximum absolute atomic E-state index is 13.6. The van der Waals surface area contributed by atoms with Crippen molar-refractivity contribution in [1.29, 1.82) is 0 Å². The molecule has 0 radical (unpaired) electrons. The van der Waals surface area contributed by atoms with Crippen molar-refractivity contribution in [1.82, 2.24) is 19.9 Å². The Kier molecular flexibility index (Phi) is 5.01. The summed E-state index contributed by atoms with van der Waals surface area (Å²) in [6.45, 7) is 0.0896. The predicted octanol–water partition coefficient (Wildman–Crippen LogP) is 1.76. The zero-order valence-electron chi connectivity index (χ0n) is 10.6. The van der Waals surface area contributed by atoms with Crippen molar-refractivity contribution in [3.8, 4) is 0 Å². The number of rotatable bonds is 6. The van der Waals surface area contributed by atoms with Crippen molar-refractivity contribution in [3.05, 3.63) is 40.4 Å². The Morgan fingerprint density at radius 2 is 2.10 bits per heavy atom. The van der Waals surface area contributed by atoms with E-state index < -0.39 is 26.6 Å². The first kappa shape index (κ1) is 16.0. The molecule has 2 aromatic rings. The molecule has 0 aliphatic rings. The molecule has 2 rings (SSSR count). The average Bonchev–Trinajstić information content (AvgIpc) is 2.86. The van der Waals surface area contributed by atoms with Gasteiger partial charge in [0.1, 0.15) is 28.7 Å². The first-order chi connectivity index (χ1) is 9.90. The second-order valence-corrected chi connectivity index (χ2v) is 6.69. The van der Waals surface area contributed by atoms with E-state index in [2.05, 4.69) is 35.8 Å². The molecular weight excluding hydrogens is 370 g/mol. The number of hydrogen-bond acceptors (Lipinski definition) is 4. The van der Waals surface area contributed by atoms with Crippen LogP contribution in [0.1, 0.15) is 12.2 Å². The molecule has 0 unspecified atom stereocenters. The Balaban J connectivity index is 2.02. The lowest BCUT2D eigenvalue weighted by Crippen LogP contribution is -2.26. The molecule has 0 fully saturated rings. The molecule has 0 atom stereocenters. The second-order valence-electron chi connectivity index (χ2n) is 4.13. The Bertz CT molecular complexity index is 699. The Hall–Kier alpha value is -1.39. The van der Waals surface area contributed by atoms with Crippen LogP contribution < -0.4 is 4.72 Å². The lowest BCUT2D eigenvalue weighted by Gasteiger charge is -2.09. The van der Waals surface area contributed by atoms with Gasteiger partial charge in [-0.25, -0.2) is 26.9 Å². The van der Waals surface area contributed by atoms with E-state index in [-0.39, 0.29) is 11.0 Å². The molecule has 0 aliphatic heterocycles. The minimum absolute atomic E-state index is 0.0896. The van der Waals surface area contributed by atoms with E-state index in [0.717, 1.165) is 6.07 Å². The summed E-state index contributed by atoms with van der Waals surface area (Å²) in [7, 11) is -4.06. The van der Waals surface area contributed by atoms with E-state index in [4.69, 9.17) is 0 Å². The molecule has 0 aliphatic carbocycles. The molecule has 21 heavy (non-hydrogen) atoms. The Morgan fingerprint density at radius 3 is 2.71 bits per heavy atom. The van der Waals surface area contributed by atoms with Gasteiger partial charge in [0.2, 0.25) is 10.0 Å². The normalized spacial score (nSPS) is 11.8. The SMILES string of the molecule is O=S(=O)(NCCCc1ncn[nH]1)c1c(F)cc(F)cc1Br. The van der Waals surface area contributed by atoms with Crippen LogP contribution in [0.25, 0.3) is 0 Å². The number of aryl methyl sites for hydroxylation is 1. The van der Waals surface area contributed by atoms with E-state index in [1.165, 1.54) is 6.33 Å². The third-order valence-corrected chi connectivity index (χ3v) is 5.00. The summed E-state index contributed by atoms with van der Waals surface area (Å²) in [6.07, 6.45) is 2.30. The van der Waals surface area contributed by atoms with E-state index in [0.29, 0.717) is 24.7 Å². The van der Waals surface area contributed by atoms with Crippen LogP contribution in [0.5, 0.6) is 0 Å². The molecule has 1 aromatic heterocycles. The van der Waals surface area contributed by atoms with E-state index >= 15 is 0 Å². The van der Waals surface area contributed by atoms with Crippen molar-refractivity contribution in [2.24, 2.45) is 0 Å². The van der Waals surface area contributed by atoms with Gasteiger partial charge >= 0.3 is 0 Å². The zero-order valence-corrected chi connectivity index (χ0v) is 13.0. The first-order valence-electron chi connectivity index (χ1n) is 5.88. The molecule has 0 amide bonds. The molecule has 2 N–H and O–H groups in total. The van der Waals surface area contributed by atoms with Crippen molar-refractivity contribution in [2.45, 2.75) is 17.7 Å². The lowest BCUT2D eigenvalue weighted by molar-refractivity contribution is 0.539. The van der Waals surface area contributed by atoms with Crippen LogP contribution in [0.4, 0.5) is 8.78 Å². The summed E-state index contributed by atoms with van der Waals surface area (Å²) in [5, 5.41) is 6.31. The second kappa shape index (κ2) is 6.58. The molecule has 114 valence electrons. The van der Waals surface area contributed by atoms with E-state index in [1.54, 1.807) is 0 Å². The summed E-state index contributed by atoms with van der Waals surface area (Å²) in [5.74, 6) is -1.38. The molecule has 10 heteroatoms. The molecule has 1 aromatic carbocycles. The van der Waals surface area contributed by atoms with Gasteiger partial charge < -0.3 is 0 Å². The van der Waals surface area contributed by atoms with Gasteiger partial charge in [0.05, 0.1) is 0 Å². The van der Waals surface area contributed by atoms with Crippen molar-refractivity contribution in [2.75, 3.05) is 6.54 Å². The van der Waals surface area contributed by atoms with Gasteiger partial charge in [-0.1, -0.05) is 0 Å². The van der Waals surface area contributed by atoms with Crippen molar-refractivity contribution >= 4 is 26.0 Å². The summed E-state index contributed by atoms with van der Waals surface area (Å²) in [6, 6.07) is 1.42. The van der Waals surface area contributed by atoms with Gasteiger partial charge in [-0.3, -0.25) is 5.10 Å². The largest absolute Gasteiger partial charge is 0.263 e. The molecule has 0 saturated heterocycles. The number of hydrogen-bond donors (Lipinski definition) is 2. The van der Waals surface area contributed by atoms with Crippen LogP contribution in [-0.2, 0) is 16.4 Å². The highest BCUT2D eigenvalue weighted by Gasteiger charge is 2.23. The van der Waals surface area contributed by atoms with Gasteiger partial charge in [-0.2, -0.15) is 5.10 Å². The number of H-pyrrole nitrogens is 1. The molecule has 0 bridgehead atoms. The highest BCUT2D eigenvalue weighted by atomic mass is 79.9. The van der Waals surface area contributed by atoms with Gasteiger partial charge in [0.25, 0.3) is 0 Å².